The highest BCUT2D eigenvalue weighted by molar-refractivity contribution is 6.11. The fourth-order valence-corrected chi connectivity index (χ4v) is 1.96. The van der Waals surface area contributed by atoms with Crippen molar-refractivity contribution in [2.24, 2.45) is 0 Å². The number of rotatable bonds is 4. The Labute approximate surface area is 116 Å². The van der Waals surface area contributed by atoms with Crippen molar-refractivity contribution in [2.45, 2.75) is 20.8 Å². The van der Waals surface area contributed by atoms with Gasteiger partial charge in [0.15, 0.2) is 0 Å². The van der Waals surface area contributed by atoms with Crippen LogP contribution in [-0.4, -0.2) is 25.2 Å². The molecular weight excluding hydrogens is 260 g/mol. The molecule has 0 bridgehead atoms. The predicted molar refractivity (Wildman–Crippen MR) is 72.9 cm³/mol. The number of esters is 2. The van der Waals surface area contributed by atoms with Crippen molar-refractivity contribution < 1.29 is 23.5 Å². The van der Waals surface area contributed by atoms with Gasteiger partial charge in [-0.2, -0.15) is 0 Å². The van der Waals surface area contributed by atoms with Gasteiger partial charge in [0.1, 0.15) is 11.1 Å². The molecule has 5 nitrogen and oxygen atoms in total. The van der Waals surface area contributed by atoms with E-state index in [9.17, 15) is 9.59 Å². The number of furan rings is 1. The quantitative estimate of drug-likeness (QED) is 0.803. The van der Waals surface area contributed by atoms with E-state index in [1.54, 1.807) is 26.0 Å². The first-order valence-corrected chi connectivity index (χ1v) is 6.45. The molecule has 0 fully saturated rings. The van der Waals surface area contributed by atoms with E-state index in [4.69, 9.17) is 13.9 Å². The van der Waals surface area contributed by atoms with Crippen LogP contribution < -0.4 is 0 Å². The largest absolute Gasteiger partial charge is 0.462 e. The van der Waals surface area contributed by atoms with Gasteiger partial charge < -0.3 is 13.9 Å². The van der Waals surface area contributed by atoms with Crippen molar-refractivity contribution in [3.05, 3.63) is 35.1 Å². The molecule has 1 aromatic heterocycles. The summed E-state index contributed by atoms with van der Waals surface area (Å²) in [4.78, 5) is 24.0. The predicted octanol–water partition coefficient (Wildman–Crippen LogP) is 3.09. The Kier molecular flexibility index (Phi) is 4.08. The fourth-order valence-electron chi connectivity index (χ4n) is 1.96. The molecule has 2 aromatic rings. The van der Waals surface area contributed by atoms with Crippen molar-refractivity contribution in [3.63, 3.8) is 0 Å². The van der Waals surface area contributed by atoms with Gasteiger partial charge in [-0.25, -0.2) is 9.59 Å². The lowest BCUT2D eigenvalue weighted by Gasteiger charge is -2.03. The summed E-state index contributed by atoms with van der Waals surface area (Å²) in [6, 6.07) is 5.35. The third-order valence-electron chi connectivity index (χ3n) is 2.78. The van der Waals surface area contributed by atoms with E-state index >= 15 is 0 Å². The first-order chi connectivity index (χ1) is 9.58. The van der Waals surface area contributed by atoms with E-state index in [1.807, 2.05) is 13.0 Å². The molecule has 0 spiro atoms. The maximum Gasteiger partial charge on any atom is 0.375 e. The Morgan fingerprint density at radius 1 is 1.10 bits per heavy atom. The molecule has 106 valence electrons. The van der Waals surface area contributed by atoms with Gasteiger partial charge in [-0.15, -0.1) is 0 Å². The molecule has 0 aliphatic rings. The Morgan fingerprint density at radius 3 is 2.40 bits per heavy atom. The first kappa shape index (κ1) is 14.1. The Morgan fingerprint density at radius 2 is 1.75 bits per heavy atom. The maximum atomic E-state index is 12.1. The molecular formula is C15H16O5. The summed E-state index contributed by atoms with van der Waals surface area (Å²) in [5.74, 6) is -1.35. The Balaban J connectivity index is 2.63. The van der Waals surface area contributed by atoms with E-state index in [0.29, 0.717) is 11.0 Å². The van der Waals surface area contributed by atoms with E-state index in [1.165, 1.54) is 0 Å². The summed E-state index contributed by atoms with van der Waals surface area (Å²) < 4.78 is 15.4. The van der Waals surface area contributed by atoms with E-state index in [2.05, 4.69) is 0 Å². The minimum atomic E-state index is -0.663. The van der Waals surface area contributed by atoms with E-state index < -0.39 is 11.9 Å². The molecule has 2 rings (SSSR count). The highest BCUT2D eigenvalue weighted by Crippen LogP contribution is 2.28. The van der Waals surface area contributed by atoms with Crippen LogP contribution in [0, 0.1) is 6.92 Å². The lowest BCUT2D eigenvalue weighted by Crippen LogP contribution is -2.12. The van der Waals surface area contributed by atoms with Gasteiger partial charge in [-0.05, 0) is 32.9 Å². The smallest absolute Gasteiger partial charge is 0.375 e. The number of benzene rings is 1. The van der Waals surface area contributed by atoms with Crippen molar-refractivity contribution in [3.8, 4) is 0 Å². The zero-order valence-electron chi connectivity index (χ0n) is 11.7. The van der Waals surface area contributed by atoms with Gasteiger partial charge in [0.05, 0.1) is 13.2 Å². The molecule has 0 atom stereocenters. The zero-order valence-corrected chi connectivity index (χ0v) is 11.7. The molecule has 0 radical (unpaired) electrons. The number of carbonyl (C=O) groups is 2. The third kappa shape index (κ3) is 2.52. The average molecular weight is 276 g/mol. The third-order valence-corrected chi connectivity index (χ3v) is 2.78. The van der Waals surface area contributed by atoms with Gasteiger partial charge in [-0.3, -0.25) is 0 Å². The monoisotopic (exact) mass is 276 g/mol. The van der Waals surface area contributed by atoms with Crippen LogP contribution in [0.3, 0.4) is 0 Å². The van der Waals surface area contributed by atoms with E-state index in [-0.39, 0.29) is 24.5 Å². The number of hydrogen-bond donors (Lipinski definition) is 0. The van der Waals surface area contributed by atoms with Gasteiger partial charge in [0.2, 0.25) is 5.76 Å². The highest BCUT2D eigenvalue weighted by Gasteiger charge is 2.27. The molecule has 0 aliphatic heterocycles. The topological polar surface area (TPSA) is 65.7 Å². The summed E-state index contributed by atoms with van der Waals surface area (Å²) >= 11 is 0. The molecule has 0 amide bonds. The summed E-state index contributed by atoms with van der Waals surface area (Å²) in [6.07, 6.45) is 0. The van der Waals surface area contributed by atoms with Crippen molar-refractivity contribution in [1.82, 2.24) is 0 Å². The van der Waals surface area contributed by atoms with Crippen LogP contribution >= 0.6 is 0 Å². The lowest BCUT2D eigenvalue weighted by atomic mass is 10.1. The highest BCUT2D eigenvalue weighted by atomic mass is 16.5. The normalized spacial score (nSPS) is 10.6. The van der Waals surface area contributed by atoms with Crippen LogP contribution in [0.15, 0.2) is 22.6 Å². The van der Waals surface area contributed by atoms with Crippen molar-refractivity contribution in [1.29, 1.82) is 0 Å². The van der Waals surface area contributed by atoms with E-state index in [0.717, 1.165) is 5.56 Å². The van der Waals surface area contributed by atoms with Gasteiger partial charge in [0, 0.05) is 5.39 Å². The van der Waals surface area contributed by atoms with Crippen LogP contribution in [0.2, 0.25) is 0 Å². The second kappa shape index (κ2) is 5.77. The maximum absolute atomic E-state index is 12.1. The second-order valence-electron chi connectivity index (χ2n) is 4.25. The molecule has 0 aliphatic carbocycles. The lowest BCUT2D eigenvalue weighted by molar-refractivity contribution is 0.0454. The van der Waals surface area contributed by atoms with Gasteiger partial charge >= 0.3 is 11.9 Å². The van der Waals surface area contributed by atoms with Gasteiger partial charge in [0.25, 0.3) is 0 Å². The average Bonchev–Trinajstić information content (AvgIpc) is 2.77. The van der Waals surface area contributed by atoms with Crippen LogP contribution in [-0.2, 0) is 9.47 Å². The number of fused-ring (bicyclic) bond motifs is 1. The van der Waals surface area contributed by atoms with Crippen LogP contribution in [0.25, 0.3) is 11.0 Å². The van der Waals surface area contributed by atoms with Crippen LogP contribution in [0.4, 0.5) is 0 Å². The number of aryl methyl sites for hydroxylation is 1. The summed E-state index contributed by atoms with van der Waals surface area (Å²) in [5, 5.41) is 0.562. The SMILES string of the molecule is CCOC(=O)c1oc2ccc(C)cc2c1C(=O)OCC. The Bertz CT molecular complexity index is 654. The molecule has 0 unspecified atom stereocenters. The number of carbonyl (C=O) groups excluding carboxylic acids is 2. The summed E-state index contributed by atoms with van der Waals surface area (Å²) in [6.45, 7) is 5.71. The zero-order chi connectivity index (χ0) is 14.7. The molecule has 1 aromatic carbocycles. The molecule has 0 saturated carbocycles. The summed E-state index contributed by atoms with van der Waals surface area (Å²) in [7, 11) is 0. The fraction of sp³-hybridized carbons (Fsp3) is 0.333. The molecule has 0 saturated heterocycles. The molecule has 20 heavy (non-hydrogen) atoms. The molecule has 5 heteroatoms. The standard InChI is InChI=1S/C15H16O5/c1-4-18-14(16)12-10-8-9(3)6-7-11(10)20-13(12)15(17)19-5-2/h6-8H,4-5H2,1-3H3. The molecule has 1 heterocycles. The summed E-state index contributed by atoms with van der Waals surface area (Å²) in [5.41, 5.74) is 1.55. The van der Waals surface area contributed by atoms with Crippen molar-refractivity contribution in [2.75, 3.05) is 13.2 Å². The number of ether oxygens (including phenoxy) is 2. The second-order valence-corrected chi connectivity index (χ2v) is 4.25. The van der Waals surface area contributed by atoms with Gasteiger partial charge in [-0.1, -0.05) is 11.6 Å². The molecule has 0 N–H and O–H groups in total. The van der Waals surface area contributed by atoms with Crippen LogP contribution in [0.1, 0.15) is 40.3 Å². The van der Waals surface area contributed by atoms with Crippen molar-refractivity contribution >= 4 is 22.9 Å². The minimum Gasteiger partial charge on any atom is -0.462 e. The van der Waals surface area contributed by atoms with Crippen LogP contribution in [0.5, 0.6) is 0 Å². The number of hydrogen-bond acceptors (Lipinski definition) is 5. The minimum absolute atomic E-state index is 0.106. The first-order valence-electron chi connectivity index (χ1n) is 6.45. The Hall–Kier alpha value is -2.30.